The average Bonchev–Trinajstić information content (AvgIpc) is 3.42. The molecule has 0 radical (unpaired) electrons. The van der Waals surface area contributed by atoms with Crippen LogP contribution in [0.5, 0.6) is 11.5 Å². The van der Waals surface area contributed by atoms with Gasteiger partial charge in [0.25, 0.3) is 5.56 Å². The lowest BCUT2D eigenvalue weighted by atomic mass is 9.92. The third-order valence-corrected chi connectivity index (χ3v) is 7.43. The number of rotatable bonds is 3. The highest BCUT2D eigenvalue weighted by Crippen LogP contribution is 2.40. The smallest absolute Gasteiger partial charge is 0.305 e. The Balaban J connectivity index is 1.65. The number of hydrogen-bond donors (Lipinski definition) is 2. The number of furan rings is 1. The van der Waals surface area contributed by atoms with E-state index in [9.17, 15) is 19.5 Å². The van der Waals surface area contributed by atoms with E-state index >= 15 is 8.78 Å². The molecular weight excluding hydrogens is 546 g/mol. The molecule has 2 aromatic heterocycles. The molecule has 1 aliphatic heterocycles. The minimum Gasteiger partial charge on any atom is -0.481 e. The largest absolute Gasteiger partial charge is 0.481 e. The first-order valence-corrected chi connectivity index (χ1v) is 13.1. The highest BCUT2D eigenvalue weighted by molar-refractivity contribution is 5.86. The predicted octanol–water partition coefficient (Wildman–Crippen LogP) is 6.18. The minimum atomic E-state index is -1.63. The highest BCUT2D eigenvalue weighted by Gasteiger charge is 2.32. The van der Waals surface area contributed by atoms with Gasteiger partial charge in [-0.25, -0.2) is 8.78 Å². The van der Waals surface area contributed by atoms with Crippen molar-refractivity contribution in [1.82, 2.24) is 9.88 Å². The Labute approximate surface area is 237 Å². The third kappa shape index (κ3) is 4.60. The first-order valence-electron chi connectivity index (χ1n) is 13.1. The number of ether oxygens (including phenoxy) is 1. The van der Waals surface area contributed by atoms with Gasteiger partial charge < -0.3 is 19.6 Å². The first-order chi connectivity index (χ1) is 20.1. The Morgan fingerprint density at radius 3 is 2.60 bits per heavy atom. The van der Waals surface area contributed by atoms with Crippen molar-refractivity contribution in [3.8, 4) is 22.6 Å². The number of carboxylic acids is 1. The molecule has 0 fully saturated rings. The molecule has 0 unspecified atom stereocenters. The standard InChI is InChI=1S/C32H24F2N2O6/c1-16-4-3-5-25-27(16)19-12-17(2)28(34)22(13-19)24(15-26(37)38)35-31(39)29(21-14-20(42-25)6-7-23(21)33)36-10-8-18-9-11-41-30(18)32(36)40/h3-14,24,29H,15H2,1-2H3,(H,35,39)(H,37,38)/t24-,29-/m0/s1. The molecule has 4 bridgehead atoms. The Morgan fingerprint density at radius 1 is 1.00 bits per heavy atom. The Kier molecular flexibility index (Phi) is 6.61. The number of fused-ring (bicyclic) bond motifs is 7. The van der Waals surface area contributed by atoms with Gasteiger partial charge >= 0.3 is 5.97 Å². The summed E-state index contributed by atoms with van der Waals surface area (Å²) in [6, 6.07) is 12.4. The van der Waals surface area contributed by atoms with E-state index in [0.29, 0.717) is 22.3 Å². The number of carbonyl (C=O) groups excluding carboxylic acids is 1. The van der Waals surface area contributed by atoms with Crippen LogP contribution in [0.25, 0.3) is 22.1 Å². The second-order valence-corrected chi connectivity index (χ2v) is 10.2. The summed E-state index contributed by atoms with van der Waals surface area (Å²) in [7, 11) is 0. The fourth-order valence-corrected chi connectivity index (χ4v) is 5.47. The molecule has 0 saturated carbocycles. The Morgan fingerprint density at radius 2 is 1.81 bits per heavy atom. The molecule has 1 amide bonds. The SMILES string of the molecule is Cc1cc2cc(c1F)[C@H](CC(=O)O)NC(=O)[C@@H](n1ccc3ccoc3c1=O)c1cc(ccc1F)Oc1cccc(C)c1-2. The van der Waals surface area contributed by atoms with Crippen LogP contribution in [0.4, 0.5) is 8.78 Å². The number of carboxylic acid groups (broad SMARTS) is 1. The van der Waals surface area contributed by atoms with E-state index in [1.165, 1.54) is 43.6 Å². The molecule has 8 nitrogen and oxygen atoms in total. The number of hydrogen-bond acceptors (Lipinski definition) is 5. The van der Waals surface area contributed by atoms with Crippen LogP contribution < -0.4 is 15.6 Å². The molecule has 42 heavy (non-hydrogen) atoms. The fourth-order valence-electron chi connectivity index (χ4n) is 5.47. The average molecular weight is 571 g/mol. The molecule has 0 saturated heterocycles. The van der Waals surface area contributed by atoms with Crippen molar-refractivity contribution >= 4 is 22.8 Å². The number of benzene rings is 3. The van der Waals surface area contributed by atoms with Crippen LogP contribution in [0.2, 0.25) is 0 Å². The van der Waals surface area contributed by atoms with Gasteiger partial charge in [-0.3, -0.25) is 19.0 Å². The molecule has 0 aliphatic carbocycles. The number of carbonyl (C=O) groups is 2. The van der Waals surface area contributed by atoms with Crippen molar-refractivity contribution in [2.75, 3.05) is 0 Å². The molecule has 1 aliphatic rings. The summed E-state index contributed by atoms with van der Waals surface area (Å²) < 4.78 is 43.8. The summed E-state index contributed by atoms with van der Waals surface area (Å²) >= 11 is 0. The van der Waals surface area contributed by atoms with Gasteiger partial charge in [0.15, 0.2) is 5.58 Å². The summed E-state index contributed by atoms with van der Waals surface area (Å²) in [5, 5.41) is 12.8. The summed E-state index contributed by atoms with van der Waals surface area (Å²) in [4.78, 5) is 39.4. The van der Waals surface area contributed by atoms with Crippen molar-refractivity contribution in [3.63, 3.8) is 0 Å². The maximum absolute atomic E-state index is 15.7. The zero-order chi connectivity index (χ0) is 29.7. The summed E-state index contributed by atoms with van der Waals surface area (Å²) in [6.45, 7) is 3.39. The van der Waals surface area contributed by atoms with Gasteiger partial charge in [-0.2, -0.15) is 0 Å². The lowest BCUT2D eigenvalue weighted by Crippen LogP contribution is -2.40. The number of nitrogens with zero attached hydrogens (tertiary/aromatic N) is 1. The van der Waals surface area contributed by atoms with Gasteiger partial charge in [-0.15, -0.1) is 0 Å². The van der Waals surface area contributed by atoms with Gasteiger partial charge in [-0.05, 0) is 79.1 Å². The van der Waals surface area contributed by atoms with E-state index < -0.39 is 47.6 Å². The number of aryl methyl sites for hydroxylation is 2. The van der Waals surface area contributed by atoms with Crippen molar-refractivity contribution in [1.29, 1.82) is 0 Å². The highest BCUT2D eigenvalue weighted by atomic mass is 19.1. The molecule has 5 aromatic rings. The van der Waals surface area contributed by atoms with Crippen molar-refractivity contribution < 1.29 is 32.6 Å². The number of amides is 1. The zero-order valence-electron chi connectivity index (χ0n) is 22.5. The molecule has 0 spiro atoms. The second-order valence-electron chi connectivity index (χ2n) is 10.2. The van der Waals surface area contributed by atoms with Crippen LogP contribution in [0.15, 0.2) is 82.3 Å². The number of pyridine rings is 1. The quantitative estimate of drug-likeness (QED) is 0.268. The van der Waals surface area contributed by atoms with E-state index in [-0.39, 0.29) is 28.0 Å². The predicted molar refractivity (Wildman–Crippen MR) is 150 cm³/mol. The van der Waals surface area contributed by atoms with Gasteiger partial charge in [0, 0.05) is 28.3 Å². The van der Waals surface area contributed by atoms with Crippen LogP contribution in [0, 0.1) is 25.5 Å². The third-order valence-electron chi connectivity index (χ3n) is 7.43. The summed E-state index contributed by atoms with van der Waals surface area (Å²) in [5.74, 6) is -3.18. The fraction of sp³-hybridized carbons (Fsp3) is 0.156. The monoisotopic (exact) mass is 570 g/mol. The van der Waals surface area contributed by atoms with E-state index in [2.05, 4.69) is 5.32 Å². The maximum Gasteiger partial charge on any atom is 0.305 e. The van der Waals surface area contributed by atoms with Crippen LogP contribution in [-0.4, -0.2) is 21.6 Å². The van der Waals surface area contributed by atoms with Crippen molar-refractivity contribution in [2.24, 2.45) is 0 Å². The molecule has 2 atom stereocenters. The molecule has 2 N–H and O–H groups in total. The number of halogens is 2. The van der Waals surface area contributed by atoms with Crippen LogP contribution in [0.3, 0.4) is 0 Å². The van der Waals surface area contributed by atoms with Crippen molar-refractivity contribution in [2.45, 2.75) is 32.4 Å². The van der Waals surface area contributed by atoms with E-state index in [1.807, 2.05) is 13.0 Å². The Bertz CT molecular complexity index is 1960. The number of nitrogens with one attached hydrogen (secondary N) is 1. The summed E-state index contributed by atoms with van der Waals surface area (Å²) in [5.41, 5.74) is 1.10. The molecule has 3 aromatic carbocycles. The minimum absolute atomic E-state index is 0.0538. The molecule has 6 rings (SSSR count). The lowest BCUT2D eigenvalue weighted by molar-refractivity contribution is -0.137. The maximum atomic E-state index is 15.7. The summed E-state index contributed by atoms with van der Waals surface area (Å²) in [6.07, 6.45) is 1.96. The molecular formula is C32H24F2N2O6. The lowest BCUT2D eigenvalue weighted by Gasteiger charge is -2.25. The van der Waals surface area contributed by atoms with E-state index in [4.69, 9.17) is 9.15 Å². The normalized spacial score (nSPS) is 16.4. The van der Waals surface area contributed by atoms with Gasteiger partial charge in [0.05, 0.1) is 18.7 Å². The molecule has 3 heterocycles. The van der Waals surface area contributed by atoms with Gasteiger partial charge in [0.1, 0.15) is 29.2 Å². The van der Waals surface area contributed by atoms with Crippen LogP contribution in [-0.2, 0) is 9.59 Å². The first kappa shape index (κ1) is 26.9. The van der Waals surface area contributed by atoms with E-state index in [1.54, 1.807) is 24.3 Å². The Hall–Kier alpha value is -5.25. The topological polar surface area (TPSA) is 111 Å². The zero-order valence-corrected chi connectivity index (χ0v) is 22.5. The van der Waals surface area contributed by atoms with E-state index in [0.717, 1.165) is 16.2 Å². The second kappa shape index (κ2) is 10.3. The molecule has 10 heteroatoms. The van der Waals surface area contributed by atoms with Crippen molar-refractivity contribution in [3.05, 3.63) is 117 Å². The van der Waals surface area contributed by atoms with Crippen LogP contribution in [0.1, 0.15) is 40.8 Å². The van der Waals surface area contributed by atoms with Gasteiger partial charge in [-0.1, -0.05) is 12.1 Å². The number of aromatic nitrogens is 1. The van der Waals surface area contributed by atoms with Crippen LogP contribution >= 0.6 is 0 Å². The van der Waals surface area contributed by atoms with Gasteiger partial charge in [0.2, 0.25) is 5.91 Å². The molecule has 212 valence electrons. The number of aliphatic carboxylic acids is 1.